The number of carbonyl (C=O) groups is 2. The van der Waals surface area contributed by atoms with Crippen LogP contribution in [0.15, 0.2) is 12.1 Å². The summed E-state index contributed by atoms with van der Waals surface area (Å²) in [6, 6.07) is 2.85. The zero-order valence-corrected chi connectivity index (χ0v) is 12.2. The van der Waals surface area contributed by atoms with Crippen LogP contribution in [-0.4, -0.2) is 44.7 Å². The Morgan fingerprint density at radius 1 is 1.14 bits per heavy atom. The van der Waals surface area contributed by atoms with Crippen molar-refractivity contribution in [2.75, 3.05) is 27.9 Å². The Kier molecular flexibility index (Phi) is 5.98. The third-order valence-corrected chi connectivity index (χ3v) is 3.02. The van der Waals surface area contributed by atoms with E-state index >= 15 is 0 Å². The summed E-state index contributed by atoms with van der Waals surface area (Å²) in [5, 5.41) is 9.13. The Labute approximate surface area is 122 Å². The summed E-state index contributed by atoms with van der Waals surface area (Å²) in [4.78, 5) is 23.5. The standard InChI is InChI=1S/C14H19NO6/c1-19-10-6-8(7-11(20-2)13(10)21-3)12(16)9(4-5-15)14(17)18/h6-7,9H,4-5,15H2,1-3H3,(H,17,18). The minimum absolute atomic E-state index is 0.0603. The third kappa shape index (κ3) is 3.63. The molecular weight excluding hydrogens is 278 g/mol. The van der Waals surface area contributed by atoms with Crippen LogP contribution >= 0.6 is 0 Å². The molecule has 0 saturated carbocycles. The highest BCUT2D eigenvalue weighted by Gasteiger charge is 2.28. The molecule has 0 aliphatic rings. The molecule has 21 heavy (non-hydrogen) atoms. The third-order valence-electron chi connectivity index (χ3n) is 3.02. The number of Topliss-reactive ketones (excluding diaryl/α,β-unsaturated/α-hetero) is 1. The predicted molar refractivity (Wildman–Crippen MR) is 75.2 cm³/mol. The molecule has 0 fully saturated rings. The van der Waals surface area contributed by atoms with Gasteiger partial charge in [-0.25, -0.2) is 0 Å². The van der Waals surface area contributed by atoms with E-state index in [0.717, 1.165) is 0 Å². The van der Waals surface area contributed by atoms with E-state index in [1.54, 1.807) is 0 Å². The first kappa shape index (κ1) is 16.8. The van der Waals surface area contributed by atoms with Crippen molar-refractivity contribution in [1.29, 1.82) is 0 Å². The van der Waals surface area contributed by atoms with Crippen LogP contribution in [0.25, 0.3) is 0 Å². The van der Waals surface area contributed by atoms with Crippen LogP contribution in [0.4, 0.5) is 0 Å². The maximum absolute atomic E-state index is 12.3. The number of carboxylic acid groups (broad SMARTS) is 1. The molecule has 1 aromatic carbocycles. The van der Waals surface area contributed by atoms with Gasteiger partial charge in [-0.2, -0.15) is 0 Å². The minimum atomic E-state index is -1.21. The molecule has 0 radical (unpaired) electrons. The number of rotatable bonds is 8. The van der Waals surface area contributed by atoms with Crippen molar-refractivity contribution in [1.82, 2.24) is 0 Å². The molecule has 0 saturated heterocycles. The topological polar surface area (TPSA) is 108 Å². The van der Waals surface area contributed by atoms with Gasteiger partial charge in [-0.3, -0.25) is 9.59 Å². The summed E-state index contributed by atoms with van der Waals surface area (Å²) in [5.74, 6) is -2.04. The highest BCUT2D eigenvalue weighted by atomic mass is 16.5. The molecule has 1 aromatic rings. The fourth-order valence-electron chi connectivity index (χ4n) is 1.96. The van der Waals surface area contributed by atoms with Gasteiger partial charge in [0.15, 0.2) is 17.3 Å². The van der Waals surface area contributed by atoms with Gasteiger partial charge in [-0.05, 0) is 25.1 Å². The van der Waals surface area contributed by atoms with Gasteiger partial charge in [0.1, 0.15) is 5.92 Å². The normalized spacial score (nSPS) is 11.6. The molecule has 0 aromatic heterocycles. The molecule has 1 rings (SSSR count). The van der Waals surface area contributed by atoms with E-state index in [-0.39, 0.29) is 30.0 Å². The Morgan fingerprint density at radius 3 is 2.00 bits per heavy atom. The molecule has 7 heteroatoms. The lowest BCUT2D eigenvalue weighted by atomic mass is 9.94. The number of aliphatic carboxylic acids is 1. The van der Waals surface area contributed by atoms with Crippen LogP contribution in [0.2, 0.25) is 0 Å². The second-order valence-corrected chi connectivity index (χ2v) is 4.25. The van der Waals surface area contributed by atoms with Crippen molar-refractivity contribution >= 4 is 11.8 Å². The summed E-state index contributed by atoms with van der Waals surface area (Å²) in [6.45, 7) is 0.104. The van der Waals surface area contributed by atoms with Gasteiger partial charge in [-0.1, -0.05) is 0 Å². The zero-order chi connectivity index (χ0) is 16.0. The first-order valence-electron chi connectivity index (χ1n) is 6.27. The largest absolute Gasteiger partial charge is 0.493 e. The van der Waals surface area contributed by atoms with Gasteiger partial charge >= 0.3 is 5.97 Å². The lowest BCUT2D eigenvalue weighted by molar-refractivity contribution is -0.140. The van der Waals surface area contributed by atoms with Crippen molar-refractivity contribution in [3.63, 3.8) is 0 Å². The molecule has 0 aliphatic carbocycles. The van der Waals surface area contributed by atoms with Gasteiger partial charge in [0.25, 0.3) is 0 Å². The molecule has 1 atom stereocenters. The minimum Gasteiger partial charge on any atom is -0.493 e. The fraction of sp³-hybridized carbons (Fsp3) is 0.429. The molecule has 116 valence electrons. The molecular formula is C14H19NO6. The number of ether oxygens (including phenoxy) is 3. The van der Waals surface area contributed by atoms with Crippen LogP contribution in [0, 0.1) is 5.92 Å². The van der Waals surface area contributed by atoms with E-state index in [1.807, 2.05) is 0 Å². The van der Waals surface area contributed by atoms with E-state index in [4.69, 9.17) is 25.1 Å². The van der Waals surface area contributed by atoms with Gasteiger partial charge in [0, 0.05) is 5.56 Å². The van der Waals surface area contributed by atoms with E-state index in [2.05, 4.69) is 0 Å². The highest BCUT2D eigenvalue weighted by Crippen LogP contribution is 2.38. The summed E-state index contributed by atoms with van der Waals surface area (Å²) in [7, 11) is 4.27. The van der Waals surface area contributed by atoms with Gasteiger partial charge in [0.05, 0.1) is 21.3 Å². The number of methoxy groups -OCH3 is 3. The lowest BCUT2D eigenvalue weighted by Crippen LogP contribution is -2.26. The van der Waals surface area contributed by atoms with Crippen molar-refractivity contribution in [3.8, 4) is 17.2 Å². The Morgan fingerprint density at radius 2 is 1.67 bits per heavy atom. The Bertz CT molecular complexity index is 503. The molecule has 0 spiro atoms. The monoisotopic (exact) mass is 297 g/mol. The quantitative estimate of drug-likeness (QED) is 0.543. The number of carboxylic acids is 1. The average molecular weight is 297 g/mol. The van der Waals surface area contributed by atoms with Gasteiger partial charge < -0.3 is 25.1 Å². The first-order valence-corrected chi connectivity index (χ1v) is 6.27. The number of hydrogen-bond donors (Lipinski definition) is 2. The Hall–Kier alpha value is -2.28. The molecule has 0 bridgehead atoms. The summed E-state index contributed by atoms with van der Waals surface area (Å²) in [5.41, 5.74) is 5.53. The molecule has 0 amide bonds. The predicted octanol–water partition coefficient (Wildman–Crippen LogP) is 0.945. The fourth-order valence-corrected chi connectivity index (χ4v) is 1.96. The lowest BCUT2D eigenvalue weighted by Gasteiger charge is -2.15. The van der Waals surface area contributed by atoms with Gasteiger partial charge in [-0.15, -0.1) is 0 Å². The van der Waals surface area contributed by atoms with Crippen molar-refractivity contribution < 1.29 is 28.9 Å². The SMILES string of the molecule is COc1cc(C(=O)C(CCN)C(=O)O)cc(OC)c1OC. The molecule has 7 nitrogen and oxygen atoms in total. The zero-order valence-electron chi connectivity index (χ0n) is 12.2. The molecule has 1 unspecified atom stereocenters. The van der Waals surface area contributed by atoms with E-state index < -0.39 is 17.7 Å². The van der Waals surface area contributed by atoms with Crippen LogP contribution in [-0.2, 0) is 4.79 Å². The molecule has 3 N–H and O–H groups in total. The van der Waals surface area contributed by atoms with Crippen LogP contribution < -0.4 is 19.9 Å². The van der Waals surface area contributed by atoms with Crippen molar-refractivity contribution in [2.45, 2.75) is 6.42 Å². The smallest absolute Gasteiger partial charge is 0.314 e. The van der Waals surface area contributed by atoms with Gasteiger partial charge in [0.2, 0.25) is 5.75 Å². The molecule has 0 heterocycles. The van der Waals surface area contributed by atoms with E-state index in [0.29, 0.717) is 5.75 Å². The summed E-state index contributed by atoms with van der Waals surface area (Å²) in [6.07, 6.45) is 0.0603. The van der Waals surface area contributed by atoms with Crippen LogP contribution in [0.5, 0.6) is 17.2 Å². The van der Waals surface area contributed by atoms with Crippen molar-refractivity contribution in [2.24, 2.45) is 11.7 Å². The summed E-state index contributed by atoms with van der Waals surface area (Å²) >= 11 is 0. The Balaban J connectivity index is 3.29. The number of carbonyl (C=O) groups excluding carboxylic acids is 1. The number of ketones is 1. The summed E-state index contributed by atoms with van der Waals surface area (Å²) < 4.78 is 15.4. The first-order chi connectivity index (χ1) is 9.99. The van der Waals surface area contributed by atoms with E-state index in [9.17, 15) is 9.59 Å². The van der Waals surface area contributed by atoms with E-state index in [1.165, 1.54) is 33.5 Å². The number of benzene rings is 1. The number of nitrogens with two attached hydrogens (primary N) is 1. The maximum Gasteiger partial charge on any atom is 0.314 e. The number of hydrogen-bond acceptors (Lipinski definition) is 6. The molecule has 0 aliphatic heterocycles. The van der Waals surface area contributed by atoms with Crippen molar-refractivity contribution in [3.05, 3.63) is 17.7 Å². The maximum atomic E-state index is 12.3. The van der Waals surface area contributed by atoms with Crippen LogP contribution in [0.3, 0.4) is 0 Å². The second-order valence-electron chi connectivity index (χ2n) is 4.25. The highest BCUT2D eigenvalue weighted by molar-refractivity contribution is 6.08. The second kappa shape index (κ2) is 7.49. The average Bonchev–Trinajstić information content (AvgIpc) is 2.49. The van der Waals surface area contributed by atoms with Crippen LogP contribution in [0.1, 0.15) is 16.8 Å².